The number of fused-ring (bicyclic) bond motifs is 1. The van der Waals surface area contributed by atoms with Crippen molar-refractivity contribution in [1.82, 2.24) is 18.7 Å². The van der Waals surface area contributed by atoms with Gasteiger partial charge in [-0.05, 0) is 41.8 Å². The van der Waals surface area contributed by atoms with Crippen LogP contribution in [0.4, 0.5) is 5.95 Å². The van der Waals surface area contributed by atoms with Crippen LogP contribution in [0.2, 0.25) is 15.1 Å². The van der Waals surface area contributed by atoms with Crippen molar-refractivity contribution in [2.75, 3.05) is 11.9 Å². The predicted octanol–water partition coefficient (Wildman–Crippen LogP) is 4.10. The maximum absolute atomic E-state index is 13.0. The van der Waals surface area contributed by atoms with E-state index in [1.807, 2.05) is 24.3 Å². The zero-order valence-electron chi connectivity index (χ0n) is 17.4. The van der Waals surface area contributed by atoms with E-state index in [1.54, 1.807) is 29.8 Å². The number of aryl methyl sites for hydroxylation is 1. The smallest absolute Gasteiger partial charge is 0.332 e. The first-order chi connectivity index (χ1) is 15.3. The number of rotatable bonds is 6. The number of nitrogens with zero attached hydrogens (tertiary/aromatic N) is 4. The Hall–Kier alpha value is -2.74. The lowest BCUT2D eigenvalue weighted by Crippen LogP contribution is -2.37. The average Bonchev–Trinajstić information content (AvgIpc) is 3.12. The van der Waals surface area contributed by atoms with Crippen LogP contribution in [-0.4, -0.2) is 25.2 Å². The Balaban J connectivity index is 1.76. The molecule has 0 spiro atoms. The van der Waals surface area contributed by atoms with Crippen LogP contribution < -0.4 is 16.6 Å². The first-order valence-corrected chi connectivity index (χ1v) is 11.0. The summed E-state index contributed by atoms with van der Waals surface area (Å²) in [7, 11) is 3.04. The van der Waals surface area contributed by atoms with Crippen molar-refractivity contribution in [3.8, 4) is 0 Å². The first-order valence-electron chi connectivity index (χ1n) is 9.84. The second-order valence-corrected chi connectivity index (χ2v) is 8.72. The molecule has 2 aromatic carbocycles. The fourth-order valence-corrected chi connectivity index (χ4v) is 4.12. The fourth-order valence-electron chi connectivity index (χ4n) is 3.53. The minimum absolute atomic E-state index is 0.281. The van der Waals surface area contributed by atoms with Gasteiger partial charge in [0.15, 0.2) is 11.2 Å². The highest BCUT2D eigenvalue weighted by atomic mass is 35.5. The second kappa shape index (κ2) is 9.02. The minimum Gasteiger partial charge on any atom is -0.355 e. The Bertz CT molecular complexity index is 1420. The lowest BCUT2D eigenvalue weighted by molar-refractivity contribution is 0.702. The molecule has 0 saturated heterocycles. The van der Waals surface area contributed by atoms with Gasteiger partial charge >= 0.3 is 5.69 Å². The largest absolute Gasteiger partial charge is 0.355 e. The van der Waals surface area contributed by atoms with E-state index in [1.165, 1.54) is 11.6 Å². The monoisotopic (exact) mass is 491 g/mol. The standard InChI is InChI=1S/C22H20Cl3N5O2/c1-28-19-18(20(31)29(2)22(28)32)30(12-14-5-8-16(24)11-17(14)25)21(27-19)26-10-9-13-3-6-15(23)7-4-13/h3-8,11H,9-10,12H2,1-2H3,(H,26,27). The molecule has 1 N–H and O–H groups in total. The van der Waals surface area contributed by atoms with Crippen LogP contribution in [-0.2, 0) is 27.1 Å². The van der Waals surface area contributed by atoms with Crippen molar-refractivity contribution < 1.29 is 0 Å². The van der Waals surface area contributed by atoms with Gasteiger partial charge in [0, 0.05) is 35.7 Å². The van der Waals surface area contributed by atoms with Gasteiger partial charge in [-0.15, -0.1) is 0 Å². The molecular weight excluding hydrogens is 473 g/mol. The molecule has 0 bridgehead atoms. The van der Waals surface area contributed by atoms with Gasteiger partial charge in [-0.3, -0.25) is 18.5 Å². The molecule has 2 heterocycles. The topological polar surface area (TPSA) is 73.8 Å². The van der Waals surface area contributed by atoms with Gasteiger partial charge < -0.3 is 5.32 Å². The summed E-state index contributed by atoms with van der Waals surface area (Å²) in [6.45, 7) is 0.844. The molecule has 0 amide bonds. The molecule has 7 nitrogen and oxygen atoms in total. The van der Waals surface area contributed by atoms with Crippen LogP contribution in [0.15, 0.2) is 52.1 Å². The van der Waals surface area contributed by atoms with Gasteiger partial charge in [0.1, 0.15) is 0 Å². The minimum atomic E-state index is -0.440. The molecule has 0 radical (unpaired) electrons. The molecule has 2 aromatic heterocycles. The SMILES string of the molecule is Cn1c(=O)c2c(nc(NCCc3ccc(Cl)cc3)n2Cc2ccc(Cl)cc2Cl)n(C)c1=O. The van der Waals surface area contributed by atoms with Gasteiger partial charge in [-0.2, -0.15) is 4.98 Å². The van der Waals surface area contributed by atoms with E-state index in [4.69, 9.17) is 34.8 Å². The van der Waals surface area contributed by atoms with E-state index in [0.29, 0.717) is 38.7 Å². The Labute approximate surface area is 198 Å². The van der Waals surface area contributed by atoms with Crippen LogP contribution in [0.1, 0.15) is 11.1 Å². The lowest BCUT2D eigenvalue weighted by atomic mass is 10.1. The van der Waals surface area contributed by atoms with Crippen LogP contribution in [0.3, 0.4) is 0 Å². The fraction of sp³-hybridized carbons (Fsp3) is 0.227. The Morgan fingerprint density at radius 3 is 2.31 bits per heavy atom. The average molecular weight is 493 g/mol. The third kappa shape index (κ3) is 4.28. The highest BCUT2D eigenvalue weighted by Crippen LogP contribution is 2.25. The molecule has 166 valence electrons. The third-order valence-electron chi connectivity index (χ3n) is 5.30. The highest BCUT2D eigenvalue weighted by Gasteiger charge is 2.20. The molecule has 0 atom stereocenters. The summed E-state index contributed by atoms with van der Waals surface area (Å²) in [6.07, 6.45) is 0.721. The van der Waals surface area contributed by atoms with Crippen LogP contribution in [0.25, 0.3) is 11.2 Å². The van der Waals surface area contributed by atoms with Crippen LogP contribution >= 0.6 is 34.8 Å². The maximum atomic E-state index is 13.0. The molecule has 4 aromatic rings. The number of imidazole rings is 1. The molecule has 4 rings (SSSR count). The van der Waals surface area contributed by atoms with Crippen LogP contribution in [0, 0.1) is 0 Å². The van der Waals surface area contributed by atoms with Crippen molar-refractivity contribution in [3.05, 3.63) is 89.5 Å². The molecule has 0 aliphatic heterocycles. The number of nitrogens with one attached hydrogen (secondary N) is 1. The van der Waals surface area contributed by atoms with E-state index in [2.05, 4.69) is 10.3 Å². The van der Waals surface area contributed by atoms with Gasteiger partial charge in [-0.25, -0.2) is 4.79 Å². The summed E-state index contributed by atoms with van der Waals surface area (Å²) >= 11 is 18.4. The van der Waals surface area contributed by atoms with Crippen molar-refractivity contribution in [3.63, 3.8) is 0 Å². The predicted molar refractivity (Wildman–Crippen MR) is 129 cm³/mol. The highest BCUT2D eigenvalue weighted by molar-refractivity contribution is 6.35. The Kier molecular flexibility index (Phi) is 6.33. The van der Waals surface area contributed by atoms with Gasteiger partial charge in [0.05, 0.1) is 6.54 Å². The summed E-state index contributed by atoms with van der Waals surface area (Å²) in [6, 6.07) is 12.8. The van der Waals surface area contributed by atoms with Crippen molar-refractivity contribution in [2.24, 2.45) is 14.1 Å². The third-order valence-corrected chi connectivity index (χ3v) is 6.14. The Morgan fingerprint density at radius 2 is 1.62 bits per heavy atom. The van der Waals surface area contributed by atoms with Crippen LogP contribution in [0.5, 0.6) is 0 Å². The zero-order chi connectivity index (χ0) is 23.0. The quantitative estimate of drug-likeness (QED) is 0.440. The number of benzene rings is 2. The van der Waals surface area contributed by atoms with E-state index in [9.17, 15) is 9.59 Å². The van der Waals surface area contributed by atoms with E-state index in [-0.39, 0.29) is 6.54 Å². The number of hydrogen-bond acceptors (Lipinski definition) is 4. The molecule has 0 fully saturated rings. The van der Waals surface area contributed by atoms with Gasteiger partial charge in [-0.1, -0.05) is 53.0 Å². The number of hydrogen-bond donors (Lipinski definition) is 1. The van der Waals surface area contributed by atoms with Gasteiger partial charge in [0.25, 0.3) is 5.56 Å². The molecule has 0 aliphatic carbocycles. The zero-order valence-corrected chi connectivity index (χ0v) is 19.7. The molecule has 32 heavy (non-hydrogen) atoms. The van der Waals surface area contributed by atoms with E-state index in [0.717, 1.165) is 22.1 Å². The summed E-state index contributed by atoms with van der Waals surface area (Å²) in [4.78, 5) is 30.0. The molecular formula is C22H20Cl3N5O2. The number of halogens is 3. The summed E-state index contributed by atoms with van der Waals surface area (Å²) in [5.74, 6) is 0.471. The molecule has 10 heteroatoms. The summed E-state index contributed by atoms with van der Waals surface area (Å²) in [5.41, 5.74) is 1.63. The van der Waals surface area contributed by atoms with Crippen molar-refractivity contribution in [2.45, 2.75) is 13.0 Å². The molecule has 0 unspecified atom stereocenters. The number of anilines is 1. The number of aromatic nitrogens is 4. The van der Waals surface area contributed by atoms with Crippen molar-refractivity contribution in [1.29, 1.82) is 0 Å². The Morgan fingerprint density at radius 1 is 0.938 bits per heavy atom. The normalized spacial score (nSPS) is 11.3. The summed E-state index contributed by atoms with van der Waals surface area (Å²) < 4.78 is 4.18. The van der Waals surface area contributed by atoms with E-state index >= 15 is 0 Å². The maximum Gasteiger partial charge on any atom is 0.332 e. The van der Waals surface area contributed by atoms with Crippen molar-refractivity contribution >= 4 is 51.9 Å². The molecule has 0 aliphatic rings. The first kappa shape index (κ1) is 22.5. The van der Waals surface area contributed by atoms with E-state index < -0.39 is 11.2 Å². The molecule has 0 saturated carbocycles. The lowest BCUT2D eigenvalue weighted by Gasteiger charge is -2.12. The second-order valence-electron chi connectivity index (χ2n) is 7.44. The van der Waals surface area contributed by atoms with Gasteiger partial charge in [0.2, 0.25) is 5.95 Å². The summed E-state index contributed by atoms with van der Waals surface area (Å²) in [5, 5.41) is 4.98.